The van der Waals surface area contributed by atoms with Gasteiger partial charge < -0.3 is 20.1 Å². The van der Waals surface area contributed by atoms with Gasteiger partial charge in [-0.25, -0.2) is 9.59 Å². The van der Waals surface area contributed by atoms with Gasteiger partial charge in [-0.2, -0.15) is 0 Å². The molecule has 8 nitrogen and oxygen atoms in total. The fraction of sp³-hybridized carbons (Fsp3) is 0.474. The van der Waals surface area contributed by atoms with Crippen molar-refractivity contribution in [3.05, 3.63) is 35.9 Å². The van der Waals surface area contributed by atoms with Gasteiger partial charge in [0.05, 0.1) is 7.11 Å². The van der Waals surface area contributed by atoms with Gasteiger partial charge in [0.25, 0.3) is 0 Å². The van der Waals surface area contributed by atoms with Crippen LogP contribution in [-0.4, -0.2) is 48.5 Å². The summed E-state index contributed by atoms with van der Waals surface area (Å²) < 4.78 is 9.72. The summed E-state index contributed by atoms with van der Waals surface area (Å²) in [6, 6.07) is 6.51. The Balaban J connectivity index is 2.97. The Morgan fingerprint density at radius 3 is 2.11 bits per heavy atom. The monoisotopic (exact) mass is 378 g/mol. The van der Waals surface area contributed by atoms with E-state index in [0.717, 1.165) is 19.6 Å². The number of hydrogen-bond donors (Lipinski definition) is 2. The van der Waals surface area contributed by atoms with Gasteiger partial charge in [0.1, 0.15) is 11.6 Å². The molecule has 1 rings (SSSR count). The third-order valence-corrected chi connectivity index (χ3v) is 3.42. The lowest BCUT2D eigenvalue weighted by Crippen LogP contribution is -2.55. The number of ketones is 1. The van der Waals surface area contributed by atoms with Crippen molar-refractivity contribution in [1.82, 2.24) is 10.6 Å². The van der Waals surface area contributed by atoms with E-state index in [1.54, 1.807) is 45.0 Å². The van der Waals surface area contributed by atoms with Crippen molar-refractivity contribution in [2.45, 2.75) is 51.8 Å². The molecule has 0 bridgehead atoms. The van der Waals surface area contributed by atoms with Crippen LogP contribution in [0.25, 0.3) is 0 Å². The number of Topliss-reactive ketones (excluding diaryl/α,β-unsaturated/α-hetero) is 1. The van der Waals surface area contributed by atoms with E-state index in [9.17, 15) is 19.2 Å². The third kappa shape index (κ3) is 7.89. The van der Waals surface area contributed by atoms with Crippen LogP contribution in [0, 0.1) is 0 Å². The number of carbonyl (C=O) groups is 4. The largest absolute Gasteiger partial charge is 0.467 e. The summed E-state index contributed by atoms with van der Waals surface area (Å²) in [6.07, 6.45) is -0.631. The molecule has 2 N–H and O–H groups in total. The predicted octanol–water partition coefficient (Wildman–Crippen LogP) is 1.37. The van der Waals surface area contributed by atoms with Gasteiger partial charge in [-0.1, -0.05) is 30.3 Å². The van der Waals surface area contributed by atoms with E-state index >= 15 is 0 Å². The standard InChI is InChI=1S/C19H26N2O6/c1-12(22)15(17(24)26-5)21-16(23)14(11-13-9-7-6-8-10-13)20-18(25)27-19(2,3)4/h6-10,14-15H,11H2,1-5H3,(H,20,25)(H,21,23)/t14-,15?/m0/s1. The quantitative estimate of drug-likeness (QED) is 0.548. The molecule has 1 unspecified atom stereocenters. The number of hydrogen-bond acceptors (Lipinski definition) is 6. The van der Waals surface area contributed by atoms with Gasteiger partial charge in [-0.15, -0.1) is 0 Å². The molecule has 0 aromatic heterocycles. The first kappa shape index (κ1) is 22.1. The lowest BCUT2D eigenvalue weighted by atomic mass is 10.0. The number of esters is 1. The fourth-order valence-corrected chi connectivity index (χ4v) is 2.20. The molecule has 0 heterocycles. The van der Waals surface area contributed by atoms with E-state index in [1.807, 2.05) is 6.07 Å². The van der Waals surface area contributed by atoms with Gasteiger partial charge in [-0.3, -0.25) is 9.59 Å². The molecule has 0 saturated carbocycles. The summed E-state index contributed by atoms with van der Waals surface area (Å²) in [5.74, 6) is -2.16. The van der Waals surface area contributed by atoms with Gasteiger partial charge in [0.2, 0.25) is 5.91 Å². The normalized spacial score (nSPS) is 13.1. The number of nitrogens with one attached hydrogen (secondary N) is 2. The Hall–Kier alpha value is -2.90. The van der Waals surface area contributed by atoms with Gasteiger partial charge in [0, 0.05) is 6.42 Å². The molecule has 1 aromatic carbocycles. The van der Waals surface area contributed by atoms with E-state index in [2.05, 4.69) is 15.4 Å². The maximum Gasteiger partial charge on any atom is 0.408 e. The second-order valence-corrected chi connectivity index (χ2v) is 6.96. The number of methoxy groups -OCH3 is 1. The average Bonchev–Trinajstić information content (AvgIpc) is 2.57. The Labute approximate surface area is 158 Å². The van der Waals surface area contributed by atoms with Crippen LogP contribution in [0.1, 0.15) is 33.3 Å². The minimum atomic E-state index is -1.44. The summed E-state index contributed by atoms with van der Waals surface area (Å²) in [7, 11) is 1.12. The smallest absolute Gasteiger partial charge is 0.408 e. The summed E-state index contributed by atoms with van der Waals surface area (Å²) in [5, 5.41) is 4.81. The van der Waals surface area contributed by atoms with Crippen LogP contribution in [0.4, 0.5) is 4.79 Å². The van der Waals surface area contributed by atoms with Crippen molar-refractivity contribution in [3.8, 4) is 0 Å². The average molecular weight is 378 g/mol. The van der Waals surface area contributed by atoms with Crippen molar-refractivity contribution >= 4 is 23.8 Å². The first-order valence-corrected chi connectivity index (χ1v) is 8.45. The van der Waals surface area contributed by atoms with Crippen LogP contribution in [0.3, 0.4) is 0 Å². The molecular formula is C19H26N2O6. The highest BCUT2D eigenvalue weighted by atomic mass is 16.6. The summed E-state index contributed by atoms with van der Waals surface area (Å²) in [4.78, 5) is 48.1. The molecule has 0 fully saturated rings. The minimum Gasteiger partial charge on any atom is -0.467 e. The molecular weight excluding hydrogens is 352 g/mol. The Kier molecular flexibility index (Phi) is 7.96. The zero-order chi connectivity index (χ0) is 20.6. The van der Waals surface area contributed by atoms with Crippen LogP contribution in [0.5, 0.6) is 0 Å². The minimum absolute atomic E-state index is 0.151. The predicted molar refractivity (Wildman–Crippen MR) is 97.9 cm³/mol. The summed E-state index contributed by atoms with van der Waals surface area (Å²) in [6.45, 7) is 6.25. The summed E-state index contributed by atoms with van der Waals surface area (Å²) >= 11 is 0. The Bertz CT molecular complexity index is 681. The van der Waals surface area contributed by atoms with Crippen molar-refractivity contribution in [2.75, 3.05) is 7.11 Å². The number of benzene rings is 1. The second kappa shape index (κ2) is 9.70. The molecule has 0 aliphatic rings. The third-order valence-electron chi connectivity index (χ3n) is 3.42. The van der Waals surface area contributed by atoms with Crippen molar-refractivity contribution < 1.29 is 28.7 Å². The van der Waals surface area contributed by atoms with Gasteiger partial charge in [-0.05, 0) is 33.3 Å². The van der Waals surface area contributed by atoms with Gasteiger partial charge >= 0.3 is 12.1 Å². The molecule has 0 aliphatic heterocycles. The molecule has 2 atom stereocenters. The molecule has 2 amide bonds. The first-order chi connectivity index (χ1) is 12.5. The van der Waals surface area contributed by atoms with Crippen molar-refractivity contribution in [2.24, 2.45) is 0 Å². The molecule has 148 valence electrons. The van der Waals surface area contributed by atoms with E-state index in [4.69, 9.17) is 4.74 Å². The first-order valence-electron chi connectivity index (χ1n) is 8.45. The fourth-order valence-electron chi connectivity index (χ4n) is 2.20. The summed E-state index contributed by atoms with van der Waals surface area (Å²) in [5.41, 5.74) is 0.0392. The molecule has 0 saturated heterocycles. The molecule has 27 heavy (non-hydrogen) atoms. The highest BCUT2D eigenvalue weighted by molar-refractivity contribution is 6.05. The van der Waals surface area contributed by atoms with Crippen molar-refractivity contribution in [1.29, 1.82) is 0 Å². The van der Waals surface area contributed by atoms with Crippen LogP contribution >= 0.6 is 0 Å². The molecule has 0 aliphatic carbocycles. The van der Waals surface area contributed by atoms with Gasteiger partial charge in [0.15, 0.2) is 11.8 Å². The maximum absolute atomic E-state index is 12.6. The van der Waals surface area contributed by atoms with E-state index in [1.165, 1.54) is 0 Å². The molecule has 8 heteroatoms. The van der Waals surface area contributed by atoms with Crippen LogP contribution < -0.4 is 10.6 Å². The SMILES string of the molecule is COC(=O)C(NC(=O)[C@H](Cc1ccccc1)NC(=O)OC(C)(C)C)C(C)=O. The van der Waals surface area contributed by atoms with Crippen LogP contribution in [-0.2, 0) is 30.3 Å². The number of rotatable bonds is 7. The Morgan fingerprint density at radius 1 is 1.04 bits per heavy atom. The second-order valence-electron chi connectivity index (χ2n) is 6.96. The number of alkyl carbamates (subject to hydrolysis) is 1. The highest BCUT2D eigenvalue weighted by Gasteiger charge is 2.31. The maximum atomic E-state index is 12.6. The highest BCUT2D eigenvalue weighted by Crippen LogP contribution is 2.09. The lowest BCUT2D eigenvalue weighted by Gasteiger charge is -2.24. The Morgan fingerprint density at radius 2 is 1.63 bits per heavy atom. The number of carbonyl (C=O) groups excluding carboxylic acids is 4. The van der Waals surface area contributed by atoms with Crippen molar-refractivity contribution in [3.63, 3.8) is 0 Å². The van der Waals surface area contributed by atoms with E-state index in [-0.39, 0.29) is 6.42 Å². The van der Waals surface area contributed by atoms with Crippen LogP contribution in [0.2, 0.25) is 0 Å². The zero-order valence-electron chi connectivity index (χ0n) is 16.2. The topological polar surface area (TPSA) is 111 Å². The molecule has 0 radical (unpaired) electrons. The van der Waals surface area contributed by atoms with E-state index < -0.39 is 41.4 Å². The number of ether oxygens (including phenoxy) is 2. The van der Waals surface area contributed by atoms with Crippen LogP contribution in [0.15, 0.2) is 30.3 Å². The van der Waals surface area contributed by atoms with E-state index in [0.29, 0.717) is 0 Å². The lowest BCUT2D eigenvalue weighted by molar-refractivity contribution is -0.148. The molecule has 1 aromatic rings. The number of amides is 2. The zero-order valence-corrected chi connectivity index (χ0v) is 16.2. The molecule has 0 spiro atoms.